The molecule has 1 aromatic carbocycles. The van der Waals surface area contributed by atoms with Crippen molar-refractivity contribution in [1.82, 2.24) is 10.5 Å². The molecule has 0 aliphatic heterocycles. The van der Waals surface area contributed by atoms with E-state index in [0.717, 1.165) is 30.2 Å². The molecule has 1 heterocycles. The molecule has 1 unspecified atom stereocenters. The Morgan fingerprint density at radius 2 is 2.26 bits per heavy atom. The van der Waals surface area contributed by atoms with E-state index in [4.69, 9.17) is 10.9 Å². The Kier molecular flexibility index (Phi) is 3.80. The number of nitrogens with two attached hydrogens (primary N) is 1. The zero-order chi connectivity index (χ0) is 12.7. The topological polar surface area (TPSA) is 91.1 Å². The first-order valence-corrected chi connectivity index (χ1v) is 6.02. The maximum absolute atomic E-state index is 11.4. The number of benzene rings is 1. The molecule has 0 radical (unpaired) electrons. The van der Waals surface area contributed by atoms with Gasteiger partial charge in [0.2, 0.25) is 0 Å². The highest BCUT2D eigenvalue weighted by molar-refractivity contribution is 5.98. The van der Waals surface area contributed by atoms with Gasteiger partial charge in [-0.15, -0.1) is 12.4 Å². The van der Waals surface area contributed by atoms with Gasteiger partial charge >= 0.3 is 0 Å². The number of fused-ring (bicyclic) bond motifs is 3. The number of aromatic amines is 1. The maximum atomic E-state index is 11.4. The van der Waals surface area contributed by atoms with Gasteiger partial charge in [0.05, 0.1) is 0 Å². The summed E-state index contributed by atoms with van der Waals surface area (Å²) < 4.78 is 0. The van der Waals surface area contributed by atoms with Crippen molar-refractivity contribution in [2.75, 3.05) is 0 Å². The summed E-state index contributed by atoms with van der Waals surface area (Å²) >= 11 is 0. The minimum Gasteiger partial charge on any atom is -0.358 e. The number of nitrogens with one attached hydrogen (secondary N) is 2. The van der Waals surface area contributed by atoms with Crippen molar-refractivity contribution in [1.29, 1.82) is 0 Å². The fourth-order valence-electron chi connectivity index (χ4n) is 2.65. The van der Waals surface area contributed by atoms with E-state index in [9.17, 15) is 4.79 Å². The molecule has 0 bridgehead atoms. The van der Waals surface area contributed by atoms with Crippen molar-refractivity contribution in [2.45, 2.75) is 25.3 Å². The van der Waals surface area contributed by atoms with Gasteiger partial charge in [0, 0.05) is 28.2 Å². The Morgan fingerprint density at radius 3 is 3.00 bits per heavy atom. The normalized spacial score (nSPS) is 17.7. The average Bonchev–Trinajstić information content (AvgIpc) is 2.75. The van der Waals surface area contributed by atoms with Crippen LogP contribution in [0.25, 0.3) is 10.9 Å². The lowest BCUT2D eigenvalue weighted by atomic mass is 9.92. The Labute approximate surface area is 116 Å². The van der Waals surface area contributed by atoms with Crippen LogP contribution in [0.3, 0.4) is 0 Å². The largest absolute Gasteiger partial charge is 0.358 e. The Hall–Kier alpha value is -1.56. The fourth-order valence-corrected chi connectivity index (χ4v) is 2.65. The molecule has 1 aromatic heterocycles. The van der Waals surface area contributed by atoms with Crippen LogP contribution in [0.2, 0.25) is 0 Å². The lowest BCUT2D eigenvalue weighted by Crippen LogP contribution is -2.27. The second kappa shape index (κ2) is 5.21. The van der Waals surface area contributed by atoms with Gasteiger partial charge < -0.3 is 10.7 Å². The van der Waals surface area contributed by atoms with Gasteiger partial charge in [-0.25, -0.2) is 5.48 Å². The molecule has 1 aliphatic carbocycles. The third-order valence-electron chi connectivity index (χ3n) is 3.59. The van der Waals surface area contributed by atoms with Gasteiger partial charge in [0.1, 0.15) is 0 Å². The molecular weight excluding hydrogens is 266 g/mol. The number of H-pyrrole nitrogens is 1. The zero-order valence-corrected chi connectivity index (χ0v) is 11.1. The number of carbonyl (C=O) groups is 1. The fraction of sp³-hybridized carbons (Fsp3) is 0.308. The molecule has 2 aromatic rings. The number of amides is 1. The molecule has 5 N–H and O–H groups in total. The Morgan fingerprint density at radius 1 is 1.47 bits per heavy atom. The van der Waals surface area contributed by atoms with E-state index in [1.807, 2.05) is 6.07 Å². The lowest BCUT2D eigenvalue weighted by molar-refractivity contribution is 0.0706. The van der Waals surface area contributed by atoms with Gasteiger partial charge in [-0.2, -0.15) is 0 Å². The standard InChI is InChI=1S/C13H15N3O2.ClH/c14-8-2-4-12-10(6-8)9-5-7(13(17)16-18)1-3-11(9)15-12;/h1,3,5,8,15,18H,2,4,6,14H2,(H,16,17);1H. The second-order valence-electron chi connectivity index (χ2n) is 4.79. The molecule has 1 atom stereocenters. The second-order valence-corrected chi connectivity index (χ2v) is 4.79. The maximum Gasteiger partial charge on any atom is 0.274 e. The number of hydrogen-bond donors (Lipinski definition) is 4. The van der Waals surface area contributed by atoms with Crippen LogP contribution in [0, 0.1) is 0 Å². The highest BCUT2D eigenvalue weighted by Crippen LogP contribution is 2.29. The zero-order valence-electron chi connectivity index (χ0n) is 10.3. The van der Waals surface area contributed by atoms with Crippen molar-refractivity contribution in [3.63, 3.8) is 0 Å². The van der Waals surface area contributed by atoms with Gasteiger partial charge in [-0.05, 0) is 43.0 Å². The quantitative estimate of drug-likeness (QED) is 0.472. The predicted molar refractivity (Wildman–Crippen MR) is 74.8 cm³/mol. The van der Waals surface area contributed by atoms with E-state index in [2.05, 4.69) is 4.98 Å². The summed E-state index contributed by atoms with van der Waals surface area (Å²) in [6.45, 7) is 0. The lowest BCUT2D eigenvalue weighted by Gasteiger charge is -2.18. The first kappa shape index (κ1) is 13.9. The van der Waals surface area contributed by atoms with Crippen LogP contribution in [-0.2, 0) is 12.8 Å². The summed E-state index contributed by atoms with van der Waals surface area (Å²) in [5, 5.41) is 9.69. The highest BCUT2D eigenvalue weighted by atomic mass is 35.5. The van der Waals surface area contributed by atoms with Crippen LogP contribution >= 0.6 is 12.4 Å². The van der Waals surface area contributed by atoms with Crippen molar-refractivity contribution in [3.05, 3.63) is 35.0 Å². The van der Waals surface area contributed by atoms with E-state index in [1.54, 1.807) is 17.6 Å². The van der Waals surface area contributed by atoms with Crippen molar-refractivity contribution < 1.29 is 10.0 Å². The van der Waals surface area contributed by atoms with Crippen molar-refractivity contribution in [2.24, 2.45) is 5.73 Å². The van der Waals surface area contributed by atoms with Crippen LogP contribution in [0.5, 0.6) is 0 Å². The number of hydroxylamine groups is 1. The molecule has 0 fully saturated rings. The van der Waals surface area contributed by atoms with Crippen LogP contribution in [0.1, 0.15) is 28.0 Å². The minimum absolute atomic E-state index is 0. The number of rotatable bonds is 1. The van der Waals surface area contributed by atoms with E-state index >= 15 is 0 Å². The molecule has 0 spiro atoms. The third kappa shape index (κ3) is 2.32. The molecule has 19 heavy (non-hydrogen) atoms. The highest BCUT2D eigenvalue weighted by Gasteiger charge is 2.20. The number of carbonyl (C=O) groups excluding carboxylic acids is 1. The molecule has 1 amide bonds. The summed E-state index contributed by atoms with van der Waals surface area (Å²) in [5.74, 6) is -0.494. The number of aryl methyl sites for hydroxylation is 1. The molecule has 102 valence electrons. The molecule has 0 saturated heterocycles. The Balaban J connectivity index is 0.00000133. The van der Waals surface area contributed by atoms with Crippen molar-refractivity contribution in [3.8, 4) is 0 Å². The molecular formula is C13H16ClN3O2. The third-order valence-corrected chi connectivity index (χ3v) is 3.59. The molecule has 0 saturated carbocycles. The first-order valence-electron chi connectivity index (χ1n) is 6.02. The summed E-state index contributed by atoms with van der Waals surface area (Å²) in [6.07, 6.45) is 2.77. The van der Waals surface area contributed by atoms with Crippen LogP contribution in [0.15, 0.2) is 18.2 Å². The summed E-state index contributed by atoms with van der Waals surface area (Å²) in [4.78, 5) is 14.8. The molecule has 6 heteroatoms. The number of hydrogen-bond acceptors (Lipinski definition) is 3. The number of halogens is 1. The van der Waals surface area contributed by atoms with E-state index < -0.39 is 5.91 Å². The smallest absolute Gasteiger partial charge is 0.274 e. The first-order chi connectivity index (χ1) is 8.69. The van der Waals surface area contributed by atoms with Gasteiger partial charge in [-0.1, -0.05) is 0 Å². The van der Waals surface area contributed by atoms with Crippen LogP contribution in [0.4, 0.5) is 0 Å². The number of aromatic nitrogens is 1. The van der Waals surface area contributed by atoms with E-state index in [-0.39, 0.29) is 18.4 Å². The SMILES string of the molecule is Cl.NC1CCc2[nH]c3ccc(C(=O)NO)cc3c2C1. The predicted octanol–water partition coefficient (Wildman–Crippen LogP) is 1.52. The van der Waals surface area contributed by atoms with Crippen LogP contribution < -0.4 is 11.2 Å². The monoisotopic (exact) mass is 281 g/mol. The summed E-state index contributed by atoms with van der Waals surface area (Å²) in [5.41, 5.74) is 11.5. The summed E-state index contributed by atoms with van der Waals surface area (Å²) in [6, 6.07) is 5.54. The van der Waals surface area contributed by atoms with Gasteiger partial charge in [-0.3, -0.25) is 10.0 Å². The summed E-state index contributed by atoms with van der Waals surface area (Å²) in [7, 11) is 0. The average molecular weight is 282 g/mol. The van der Waals surface area contributed by atoms with E-state index in [0.29, 0.717) is 5.56 Å². The molecule has 5 nitrogen and oxygen atoms in total. The molecule has 3 rings (SSSR count). The molecule has 1 aliphatic rings. The van der Waals surface area contributed by atoms with E-state index in [1.165, 1.54) is 11.3 Å². The Bertz CT molecular complexity index is 624. The van der Waals surface area contributed by atoms with Gasteiger partial charge in [0.25, 0.3) is 5.91 Å². The van der Waals surface area contributed by atoms with Crippen molar-refractivity contribution >= 4 is 29.2 Å². The van der Waals surface area contributed by atoms with Crippen LogP contribution in [-0.4, -0.2) is 22.1 Å². The van der Waals surface area contributed by atoms with Gasteiger partial charge in [0.15, 0.2) is 0 Å². The minimum atomic E-state index is -0.494.